The monoisotopic (exact) mass is 366 g/mol. The number of carbonyl (C=O) groups is 1. The van der Waals surface area contributed by atoms with Crippen LogP contribution in [0.4, 0.5) is 11.4 Å². The predicted molar refractivity (Wildman–Crippen MR) is 98.5 cm³/mol. The summed E-state index contributed by atoms with van der Waals surface area (Å²) in [6.07, 6.45) is 1.04. The molecule has 24 heavy (non-hydrogen) atoms. The van der Waals surface area contributed by atoms with Crippen LogP contribution >= 0.6 is 11.6 Å². The van der Waals surface area contributed by atoms with Crippen LogP contribution in [0.2, 0.25) is 5.02 Å². The SMILES string of the molecule is Cc1cc(C)c(NC(=O)c2cc(NS(C)(=O)=O)ccc2Cl)c(C)c1. The maximum Gasteiger partial charge on any atom is 0.257 e. The summed E-state index contributed by atoms with van der Waals surface area (Å²) in [6.45, 7) is 5.82. The van der Waals surface area contributed by atoms with Gasteiger partial charge in [0.15, 0.2) is 0 Å². The lowest BCUT2D eigenvalue weighted by Gasteiger charge is -2.14. The summed E-state index contributed by atoms with van der Waals surface area (Å²) in [5, 5.41) is 3.10. The highest BCUT2D eigenvalue weighted by Gasteiger charge is 2.15. The molecule has 2 aromatic rings. The fourth-order valence-corrected chi connectivity index (χ4v) is 3.29. The van der Waals surface area contributed by atoms with Crippen molar-refractivity contribution in [3.05, 3.63) is 57.6 Å². The zero-order chi connectivity index (χ0) is 18.1. The van der Waals surface area contributed by atoms with Crippen molar-refractivity contribution >= 4 is 38.9 Å². The highest BCUT2D eigenvalue weighted by atomic mass is 35.5. The third-order valence-electron chi connectivity index (χ3n) is 3.43. The van der Waals surface area contributed by atoms with E-state index in [0.29, 0.717) is 0 Å². The molecular weight excluding hydrogens is 348 g/mol. The van der Waals surface area contributed by atoms with Crippen LogP contribution in [0.25, 0.3) is 0 Å². The molecule has 0 atom stereocenters. The van der Waals surface area contributed by atoms with Crippen molar-refractivity contribution in [2.24, 2.45) is 0 Å². The standard InChI is InChI=1S/C17H19ClN2O3S/c1-10-7-11(2)16(12(3)8-10)19-17(21)14-9-13(5-6-15(14)18)20-24(4,22)23/h5-9,20H,1-4H3,(H,19,21). The van der Waals surface area contributed by atoms with E-state index in [9.17, 15) is 13.2 Å². The number of hydrogen-bond donors (Lipinski definition) is 2. The molecule has 0 radical (unpaired) electrons. The van der Waals surface area contributed by atoms with E-state index in [1.807, 2.05) is 32.9 Å². The summed E-state index contributed by atoms with van der Waals surface area (Å²) in [4.78, 5) is 12.6. The summed E-state index contributed by atoms with van der Waals surface area (Å²) in [5.74, 6) is -0.396. The number of benzene rings is 2. The smallest absolute Gasteiger partial charge is 0.257 e. The Balaban J connectivity index is 2.35. The second-order valence-electron chi connectivity index (χ2n) is 5.80. The topological polar surface area (TPSA) is 75.3 Å². The number of anilines is 2. The van der Waals surface area contributed by atoms with E-state index in [-0.39, 0.29) is 16.3 Å². The van der Waals surface area contributed by atoms with Crippen LogP contribution in [0.1, 0.15) is 27.0 Å². The Morgan fingerprint density at radius 2 is 1.62 bits per heavy atom. The maximum absolute atomic E-state index is 12.6. The van der Waals surface area contributed by atoms with Crippen LogP contribution in [0, 0.1) is 20.8 Å². The molecule has 2 aromatic carbocycles. The van der Waals surface area contributed by atoms with Crippen molar-refractivity contribution in [2.75, 3.05) is 16.3 Å². The third-order valence-corrected chi connectivity index (χ3v) is 4.37. The van der Waals surface area contributed by atoms with Gasteiger partial charge in [-0.1, -0.05) is 29.3 Å². The zero-order valence-corrected chi connectivity index (χ0v) is 15.5. The minimum Gasteiger partial charge on any atom is -0.321 e. The number of aryl methyl sites for hydroxylation is 3. The van der Waals surface area contributed by atoms with Crippen molar-refractivity contribution in [3.63, 3.8) is 0 Å². The number of rotatable bonds is 4. The fourth-order valence-electron chi connectivity index (χ4n) is 2.53. The first kappa shape index (κ1) is 18.3. The normalized spacial score (nSPS) is 11.2. The minimum absolute atomic E-state index is 0.199. The average Bonchev–Trinajstić information content (AvgIpc) is 2.43. The molecule has 0 aliphatic rings. The first-order valence-electron chi connectivity index (χ1n) is 7.23. The lowest BCUT2D eigenvalue weighted by atomic mass is 10.0. The first-order valence-corrected chi connectivity index (χ1v) is 9.50. The van der Waals surface area contributed by atoms with Crippen molar-refractivity contribution in [2.45, 2.75) is 20.8 Å². The molecule has 0 aliphatic carbocycles. The van der Waals surface area contributed by atoms with Gasteiger partial charge in [0.25, 0.3) is 5.91 Å². The van der Waals surface area contributed by atoms with Crippen molar-refractivity contribution in [1.82, 2.24) is 0 Å². The van der Waals surface area contributed by atoms with Crippen molar-refractivity contribution in [3.8, 4) is 0 Å². The number of sulfonamides is 1. The lowest BCUT2D eigenvalue weighted by Crippen LogP contribution is -2.16. The first-order chi connectivity index (χ1) is 11.1. The Morgan fingerprint density at radius 1 is 1.04 bits per heavy atom. The van der Waals surface area contributed by atoms with Gasteiger partial charge in [-0.2, -0.15) is 0 Å². The van der Waals surface area contributed by atoms with Crippen LogP contribution in [0.15, 0.2) is 30.3 Å². The summed E-state index contributed by atoms with van der Waals surface area (Å²) in [7, 11) is -3.43. The number of nitrogens with one attached hydrogen (secondary N) is 2. The van der Waals surface area contributed by atoms with Gasteiger partial charge < -0.3 is 5.32 Å². The molecule has 0 aliphatic heterocycles. The predicted octanol–water partition coefficient (Wildman–Crippen LogP) is 3.89. The second-order valence-corrected chi connectivity index (χ2v) is 7.95. The highest BCUT2D eigenvalue weighted by molar-refractivity contribution is 7.92. The van der Waals surface area contributed by atoms with E-state index in [1.54, 1.807) is 0 Å². The molecule has 0 unspecified atom stereocenters. The van der Waals surface area contributed by atoms with Gasteiger partial charge in [-0.05, 0) is 50.1 Å². The van der Waals surface area contributed by atoms with Gasteiger partial charge in [0.2, 0.25) is 10.0 Å². The summed E-state index contributed by atoms with van der Waals surface area (Å²) in [5.41, 5.74) is 4.21. The van der Waals surface area contributed by atoms with Gasteiger partial charge in [0.05, 0.1) is 16.8 Å². The number of halogens is 1. The molecule has 0 fully saturated rings. The van der Waals surface area contributed by atoms with Gasteiger partial charge >= 0.3 is 0 Å². The summed E-state index contributed by atoms with van der Waals surface area (Å²) < 4.78 is 25.0. The van der Waals surface area contributed by atoms with Crippen molar-refractivity contribution in [1.29, 1.82) is 0 Å². The third kappa shape index (κ3) is 4.49. The van der Waals surface area contributed by atoms with Gasteiger partial charge in [0, 0.05) is 11.4 Å². The van der Waals surface area contributed by atoms with E-state index in [0.717, 1.165) is 28.6 Å². The Labute approximate surface area is 147 Å². The van der Waals surface area contributed by atoms with Crippen molar-refractivity contribution < 1.29 is 13.2 Å². The van der Waals surface area contributed by atoms with Crippen LogP contribution in [0.5, 0.6) is 0 Å². The number of hydrogen-bond acceptors (Lipinski definition) is 3. The Hall–Kier alpha value is -2.05. The molecule has 0 aromatic heterocycles. The van der Waals surface area contributed by atoms with Gasteiger partial charge in [0.1, 0.15) is 0 Å². The zero-order valence-electron chi connectivity index (χ0n) is 13.9. The molecule has 0 bridgehead atoms. The molecule has 128 valence electrons. The van der Waals surface area contributed by atoms with Gasteiger partial charge in [-0.25, -0.2) is 8.42 Å². The Kier molecular flexibility index (Phi) is 5.20. The fraction of sp³-hybridized carbons (Fsp3) is 0.235. The van der Waals surface area contributed by atoms with E-state index in [4.69, 9.17) is 11.6 Å². The molecular formula is C17H19ClN2O3S. The summed E-state index contributed by atoms with van der Waals surface area (Å²) >= 11 is 6.10. The van der Waals surface area contributed by atoms with E-state index in [1.165, 1.54) is 18.2 Å². The van der Waals surface area contributed by atoms with Gasteiger partial charge in [-0.15, -0.1) is 0 Å². The number of amides is 1. The van der Waals surface area contributed by atoms with E-state index >= 15 is 0 Å². The van der Waals surface area contributed by atoms with E-state index < -0.39 is 15.9 Å². The molecule has 0 saturated carbocycles. The average molecular weight is 367 g/mol. The molecule has 1 amide bonds. The van der Waals surface area contributed by atoms with Gasteiger partial charge in [-0.3, -0.25) is 9.52 Å². The quantitative estimate of drug-likeness (QED) is 0.861. The van der Waals surface area contributed by atoms with Crippen LogP contribution in [-0.2, 0) is 10.0 Å². The molecule has 0 saturated heterocycles. The number of carbonyl (C=O) groups excluding carboxylic acids is 1. The second kappa shape index (κ2) is 6.83. The molecule has 5 nitrogen and oxygen atoms in total. The van der Waals surface area contributed by atoms with Crippen LogP contribution < -0.4 is 10.0 Å². The lowest BCUT2D eigenvalue weighted by molar-refractivity contribution is 0.102. The largest absolute Gasteiger partial charge is 0.321 e. The highest BCUT2D eigenvalue weighted by Crippen LogP contribution is 2.26. The molecule has 2 rings (SSSR count). The molecule has 2 N–H and O–H groups in total. The molecule has 7 heteroatoms. The molecule has 0 heterocycles. The Bertz CT molecular complexity index is 885. The van der Waals surface area contributed by atoms with E-state index in [2.05, 4.69) is 10.0 Å². The minimum atomic E-state index is -3.43. The summed E-state index contributed by atoms with van der Waals surface area (Å²) in [6, 6.07) is 8.36. The Morgan fingerprint density at radius 3 is 2.17 bits per heavy atom. The van der Waals surface area contributed by atoms with Crippen LogP contribution in [-0.4, -0.2) is 20.6 Å². The molecule has 0 spiro atoms. The maximum atomic E-state index is 12.6. The van der Waals surface area contributed by atoms with Crippen LogP contribution in [0.3, 0.4) is 0 Å².